The lowest BCUT2D eigenvalue weighted by Gasteiger charge is -2.18. The number of rotatable bonds is 55. The van der Waals surface area contributed by atoms with Gasteiger partial charge in [0.1, 0.15) is 13.2 Å². The highest BCUT2D eigenvalue weighted by atomic mass is 16.6. The number of ether oxygens (including phenoxy) is 3. The maximum Gasteiger partial charge on any atom is 0.306 e. The highest BCUT2D eigenvalue weighted by Gasteiger charge is 2.19. The molecule has 1 atom stereocenters. The summed E-state index contributed by atoms with van der Waals surface area (Å²) in [5.74, 6) is -0.874. The lowest BCUT2D eigenvalue weighted by Crippen LogP contribution is -2.30. The third-order valence-electron chi connectivity index (χ3n) is 13.3. The second-order valence-corrected chi connectivity index (χ2v) is 20.2. The molecule has 0 heterocycles. The van der Waals surface area contributed by atoms with Crippen molar-refractivity contribution < 1.29 is 28.6 Å². The van der Waals surface area contributed by atoms with E-state index in [1.165, 1.54) is 212 Å². The molecule has 69 heavy (non-hydrogen) atoms. The van der Waals surface area contributed by atoms with Crippen LogP contribution in [0.3, 0.4) is 0 Å². The van der Waals surface area contributed by atoms with E-state index in [-0.39, 0.29) is 31.1 Å². The van der Waals surface area contributed by atoms with Crippen molar-refractivity contribution in [1.82, 2.24) is 0 Å². The van der Waals surface area contributed by atoms with Crippen LogP contribution >= 0.6 is 0 Å². The van der Waals surface area contributed by atoms with Crippen LogP contribution < -0.4 is 0 Å². The number of esters is 3. The average Bonchev–Trinajstić information content (AvgIpc) is 3.35. The molecular formula is C63H114O6. The van der Waals surface area contributed by atoms with E-state index in [1.54, 1.807) is 0 Å². The second-order valence-electron chi connectivity index (χ2n) is 20.2. The minimum Gasteiger partial charge on any atom is -0.462 e. The van der Waals surface area contributed by atoms with Gasteiger partial charge in [0.25, 0.3) is 0 Å². The van der Waals surface area contributed by atoms with Gasteiger partial charge in [0.05, 0.1) is 0 Å². The van der Waals surface area contributed by atoms with E-state index < -0.39 is 6.10 Å². The van der Waals surface area contributed by atoms with Crippen molar-refractivity contribution in [2.75, 3.05) is 13.2 Å². The van der Waals surface area contributed by atoms with Crippen LogP contribution in [0.25, 0.3) is 0 Å². The van der Waals surface area contributed by atoms with E-state index in [0.29, 0.717) is 19.3 Å². The molecule has 6 heteroatoms. The summed E-state index contributed by atoms with van der Waals surface area (Å²) in [7, 11) is 0. The molecule has 0 rings (SSSR count). The quantitative estimate of drug-likeness (QED) is 0.0262. The summed E-state index contributed by atoms with van der Waals surface area (Å²) in [6, 6.07) is 0. The minimum absolute atomic E-state index is 0.0765. The SMILES string of the molecule is CCCCC/C=C\C/C=C\CCCCCCCCCCCC(=O)OC[C@H](COC(=O)CCCCCCCCC/C=C\CCCCCCCC)OC(=O)CCCCCCCCC/C=C\CCCCCC. The molecule has 0 bridgehead atoms. The molecule has 402 valence electrons. The lowest BCUT2D eigenvalue weighted by atomic mass is 10.1. The van der Waals surface area contributed by atoms with Crippen molar-refractivity contribution in [3.05, 3.63) is 48.6 Å². The zero-order valence-corrected chi connectivity index (χ0v) is 46.1. The normalized spacial score (nSPS) is 12.3. The van der Waals surface area contributed by atoms with E-state index in [4.69, 9.17) is 14.2 Å². The third-order valence-corrected chi connectivity index (χ3v) is 13.3. The Balaban J connectivity index is 4.36. The average molecular weight is 968 g/mol. The van der Waals surface area contributed by atoms with Crippen molar-refractivity contribution in [3.63, 3.8) is 0 Å². The van der Waals surface area contributed by atoms with Crippen molar-refractivity contribution in [2.24, 2.45) is 0 Å². The van der Waals surface area contributed by atoms with Gasteiger partial charge in [-0.3, -0.25) is 14.4 Å². The molecule has 0 saturated carbocycles. The molecule has 0 N–H and O–H groups in total. The predicted octanol–water partition coefficient (Wildman–Crippen LogP) is 20.2. The standard InChI is InChI=1S/C63H114O6/c1-4-7-10-13-16-19-22-25-28-30-31-33-36-38-41-44-47-50-53-56-62(65)68-59-60(69-63(66)57-54-51-48-45-42-39-34-27-24-21-18-15-12-9-6-3)58-67-61(64)55-52-49-46-43-40-37-35-32-29-26-23-20-17-14-11-8-5-2/h16,19,21,24-26,28-29,60H,4-15,17-18,20,22-23,27,30-59H2,1-3H3/b19-16-,24-21-,28-25-,29-26-/t60-/m0/s1. The Morgan fingerprint density at radius 2 is 0.522 bits per heavy atom. The summed E-state index contributed by atoms with van der Waals surface area (Å²) < 4.78 is 16.9. The van der Waals surface area contributed by atoms with Crippen LogP contribution in [0.15, 0.2) is 48.6 Å². The van der Waals surface area contributed by atoms with Crippen molar-refractivity contribution >= 4 is 17.9 Å². The molecule has 0 aromatic rings. The number of allylic oxidation sites excluding steroid dienone is 8. The summed E-state index contributed by atoms with van der Waals surface area (Å²) in [5.41, 5.74) is 0. The van der Waals surface area contributed by atoms with Gasteiger partial charge in [0, 0.05) is 19.3 Å². The van der Waals surface area contributed by atoms with Crippen LogP contribution in [0.2, 0.25) is 0 Å². The zero-order valence-electron chi connectivity index (χ0n) is 46.1. The van der Waals surface area contributed by atoms with Gasteiger partial charge in [0.2, 0.25) is 0 Å². The van der Waals surface area contributed by atoms with E-state index in [9.17, 15) is 14.4 Å². The number of carbonyl (C=O) groups is 3. The van der Waals surface area contributed by atoms with Gasteiger partial charge in [-0.15, -0.1) is 0 Å². The fourth-order valence-corrected chi connectivity index (χ4v) is 8.70. The van der Waals surface area contributed by atoms with Crippen molar-refractivity contribution in [1.29, 1.82) is 0 Å². The first-order chi connectivity index (χ1) is 34.0. The molecule has 0 aliphatic heterocycles. The fraction of sp³-hybridized carbons (Fsp3) is 0.825. The highest BCUT2D eigenvalue weighted by molar-refractivity contribution is 5.71. The largest absolute Gasteiger partial charge is 0.462 e. The summed E-state index contributed by atoms with van der Waals surface area (Å²) >= 11 is 0. The maximum absolute atomic E-state index is 12.9. The number of hydrogen-bond donors (Lipinski definition) is 0. The lowest BCUT2D eigenvalue weighted by molar-refractivity contribution is -0.167. The van der Waals surface area contributed by atoms with Crippen LogP contribution in [0.1, 0.15) is 316 Å². The first-order valence-electron chi connectivity index (χ1n) is 30.1. The Labute approximate surface area is 428 Å². The van der Waals surface area contributed by atoms with Gasteiger partial charge in [-0.1, -0.05) is 243 Å². The van der Waals surface area contributed by atoms with Crippen LogP contribution in [0.5, 0.6) is 0 Å². The Morgan fingerprint density at radius 3 is 0.855 bits per heavy atom. The van der Waals surface area contributed by atoms with Crippen molar-refractivity contribution in [3.8, 4) is 0 Å². The van der Waals surface area contributed by atoms with E-state index in [2.05, 4.69) is 69.4 Å². The van der Waals surface area contributed by atoms with Gasteiger partial charge in [0.15, 0.2) is 6.10 Å². The topological polar surface area (TPSA) is 78.9 Å². The van der Waals surface area contributed by atoms with E-state index in [0.717, 1.165) is 64.2 Å². The Bertz CT molecular complexity index is 1200. The monoisotopic (exact) mass is 967 g/mol. The number of carbonyl (C=O) groups excluding carboxylic acids is 3. The van der Waals surface area contributed by atoms with Crippen LogP contribution in [-0.2, 0) is 28.6 Å². The van der Waals surface area contributed by atoms with Crippen LogP contribution in [-0.4, -0.2) is 37.2 Å². The molecule has 0 saturated heterocycles. The molecule has 0 aromatic carbocycles. The predicted molar refractivity (Wildman–Crippen MR) is 298 cm³/mol. The van der Waals surface area contributed by atoms with Gasteiger partial charge < -0.3 is 14.2 Å². The summed E-state index contributed by atoms with van der Waals surface area (Å²) in [5, 5.41) is 0. The first kappa shape index (κ1) is 66.4. The Kier molecular flexibility index (Phi) is 55.7. The molecule has 0 amide bonds. The fourth-order valence-electron chi connectivity index (χ4n) is 8.70. The summed E-state index contributed by atoms with van der Waals surface area (Å²) in [4.78, 5) is 38.2. The highest BCUT2D eigenvalue weighted by Crippen LogP contribution is 2.16. The van der Waals surface area contributed by atoms with Crippen molar-refractivity contribution in [2.45, 2.75) is 322 Å². The Hall–Kier alpha value is -2.63. The first-order valence-corrected chi connectivity index (χ1v) is 30.1. The molecule has 0 radical (unpaired) electrons. The molecule has 0 aromatic heterocycles. The van der Waals surface area contributed by atoms with E-state index >= 15 is 0 Å². The summed E-state index contributed by atoms with van der Waals surface area (Å²) in [6.45, 7) is 6.63. The maximum atomic E-state index is 12.9. The van der Waals surface area contributed by atoms with Gasteiger partial charge in [-0.2, -0.15) is 0 Å². The molecule has 0 aliphatic carbocycles. The molecule has 0 aliphatic rings. The summed E-state index contributed by atoms with van der Waals surface area (Å²) in [6.07, 6.45) is 71.0. The molecule has 0 spiro atoms. The molecule has 0 unspecified atom stereocenters. The molecule has 0 fully saturated rings. The van der Waals surface area contributed by atoms with Crippen LogP contribution in [0, 0.1) is 0 Å². The van der Waals surface area contributed by atoms with Gasteiger partial charge >= 0.3 is 17.9 Å². The minimum atomic E-state index is -0.778. The Morgan fingerprint density at radius 1 is 0.290 bits per heavy atom. The van der Waals surface area contributed by atoms with Gasteiger partial charge in [-0.05, 0) is 103 Å². The van der Waals surface area contributed by atoms with E-state index in [1.807, 2.05) is 0 Å². The third kappa shape index (κ3) is 56.2. The number of hydrogen-bond acceptors (Lipinski definition) is 6. The van der Waals surface area contributed by atoms with Crippen LogP contribution in [0.4, 0.5) is 0 Å². The molecular weight excluding hydrogens is 853 g/mol. The van der Waals surface area contributed by atoms with Gasteiger partial charge in [-0.25, -0.2) is 0 Å². The number of unbranched alkanes of at least 4 members (excludes halogenated alkanes) is 36. The smallest absolute Gasteiger partial charge is 0.306 e. The zero-order chi connectivity index (χ0) is 50.0. The second kappa shape index (κ2) is 57.9. The molecule has 6 nitrogen and oxygen atoms in total.